The Bertz CT molecular complexity index is 2690. The van der Waals surface area contributed by atoms with E-state index in [1.54, 1.807) is 24.3 Å². The molecule has 1 unspecified atom stereocenters. The average Bonchev–Trinajstić information content (AvgIpc) is 3.37. The predicted octanol–water partition coefficient (Wildman–Crippen LogP) is 8.87. The van der Waals surface area contributed by atoms with E-state index in [-0.39, 0.29) is 99.6 Å². The Morgan fingerprint density at radius 3 is 1.47 bits per heavy atom. The van der Waals surface area contributed by atoms with E-state index >= 15 is 0 Å². The summed E-state index contributed by atoms with van der Waals surface area (Å²) < 4.78 is 147. The van der Waals surface area contributed by atoms with Crippen molar-refractivity contribution in [2.45, 2.75) is 142 Å². The van der Waals surface area contributed by atoms with Crippen molar-refractivity contribution in [3.8, 4) is 22.5 Å². The molecule has 3 aliphatic heterocycles. The molecule has 5 heterocycles. The average molecular weight is 1090 g/mol. The molecule has 406 valence electrons. The van der Waals surface area contributed by atoms with Gasteiger partial charge >= 0.3 is 18.3 Å². The number of hydrogen-bond donors (Lipinski definition) is 1. The molecule has 0 aliphatic carbocycles. The number of halogens is 6. The lowest BCUT2D eigenvalue weighted by Crippen LogP contribution is -2.56. The highest BCUT2D eigenvalue weighted by molar-refractivity contribution is 7.94. The van der Waals surface area contributed by atoms with E-state index in [2.05, 4.69) is 25.4 Å². The van der Waals surface area contributed by atoms with E-state index in [1.807, 2.05) is 20.8 Å². The second-order valence-corrected chi connectivity index (χ2v) is 24.0. The number of amides is 1. The van der Waals surface area contributed by atoms with Gasteiger partial charge in [0.1, 0.15) is 0 Å². The lowest BCUT2D eigenvalue weighted by Gasteiger charge is -2.35. The van der Waals surface area contributed by atoms with Crippen LogP contribution in [-0.2, 0) is 65.9 Å². The maximum absolute atomic E-state index is 13.8. The molecule has 1 amide bonds. The Balaban J connectivity index is 0.000000241. The number of esters is 1. The number of hydroxylamine groups is 1. The van der Waals surface area contributed by atoms with Gasteiger partial charge in [0.05, 0.1) is 51.6 Å². The van der Waals surface area contributed by atoms with Crippen LogP contribution in [0.25, 0.3) is 22.5 Å². The summed E-state index contributed by atoms with van der Waals surface area (Å²) in [5.41, 5.74) is 4.93. The van der Waals surface area contributed by atoms with Crippen LogP contribution >= 0.6 is 0 Å². The van der Waals surface area contributed by atoms with Crippen LogP contribution in [0.2, 0.25) is 0 Å². The van der Waals surface area contributed by atoms with Crippen molar-refractivity contribution in [3.63, 3.8) is 0 Å². The van der Waals surface area contributed by atoms with E-state index in [0.29, 0.717) is 46.9 Å². The lowest BCUT2D eigenvalue weighted by atomic mass is 9.97. The number of carbonyl (C=O) groups excluding carboxylic acids is 2. The Hall–Kier alpha value is -5.14. The van der Waals surface area contributed by atoms with Crippen LogP contribution in [0.15, 0.2) is 83.1 Å². The van der Waals surface area contributed by atoms with E-state index < -0.39 is 72.5 Å². The van der Waals surface area contributed by atoms with Crippen molar-refractivity contribution in [2.24, 2.45) is 5.41 Å². The molecule has 0 spiro atoms. The van der Waals surface area contributed by atoms with Gasteiger partial charge in [-0.1, -0.05) is 45.0 Å². The van der Waals surface area contributed by atoms with E-state index in [0.717, 1.165) is 12.8 Å². The fraction of sp³-hybridized carbons (Fsp3) is 0.560. The summed E-state index contributed by atoms with van der Waals surface area (Å²) in [7, 11) is -8.25. The summed E-state index contributed by atoms with van der Waals surface area (Å²) in [6.07, 6.45) is -2.64. The highest BCUT2D eigenvalue weighted by Gasteiger charge is 2.54. The molecule has 1 N–H and O–H groups in total. The Labute approximate surface area is 426 Å². The summed E-state index contributed by atoms with van der Waals surface area (Å²) in [6, 6.07) is 11.9. The van der Waals surface area contributed by atoms with Gasteiger partial charge in [0.25, 0.3) is 5.91 Å². The van der Waals surface area contributed by atoms with Gasteiger partial charge in [-0.05, 0) is 81.0 Å². The molecule has 2 aromatic carbocycles. The van der Waals surface area contributed by atoms with Gasteiger partial charge < -0.3 is 18.9 Å². The molecule has 3 fully saturated rings. The Morgan fingerprint density at radius 1 is 0.635 bits per heavy atom. The number of nitrogens with one attached hydrogen (secondary N) is 1. The van der Waals surface area contributed by atoms with Crippen molar-refractivity contribution in [3.05, 3.63) is 84.7 Å². The van der Waals surface area contributed by atoms with Crippen molar-refractivity contribution < 1.29 is 76.6 Å². The maximum Gasteiger partial charge on any atom is 0.389 e. The van der Waals surface area contributed by atoms with Crippen molar-refractivity contribution in [1.29, 1.82) is 0 Å². The molecule has 1 atom stereocenters. The van der Waals surface area contributed by atoms with Crippen LogP contribution in [-0.4, -0.2) is 116 Å². The molecule has 4 aromatic rings. The van der Waals surface area contributed by atoms with Gasteiger partial charge in [0, 0.05) is 88.7 Å². The SMILES string of the molecule is CC(C)(C)COC(=O)C1(S(=O)(=O)c2ccc(-c3cnc(CCCC(F)(F)F)cn3)cc2)CCOCC1.O=C(NOC1CCCCO1)C1(S(=O)(=O)c2ccc(-c3cnc(CCCC(F)(F)F)cn3)cc2)CCOCC1. The monoisotopic (exact) mass is 1090 g/mol. The first-order valence-corrected chi connectivity index (χ1v) is 27.2. The minimum absolute atomic E-state index is 0.00133. The fourth-order valence-corrected chi connectivity index (χ4v) is 12.2. The van der Waals surface area contributed by atoms with Crippen LogP contribution in [0, 0.1) is 5.41 Å². The quantitative estimate of drug-likeness (QED) is 0.0594. The second kappa shape index (κ2) is 24.7. The summed E-state index contributed by atoms with van der Waals surface area (Å²) in [4.78, 5) is 48.5. The number of benzene rings is 2. The lowest BCUT2D eigenvalue weighted by molar-refractivity contribution is -0.202. The molecule has 0 saturated carbocycles. The number of alkyl halides is 6. The third kappa shape index (κ3) is 15.3. The van der Waals surface area contributed by atoms with Gasteiger partial charge in [-0.25, -0.2) is 27.2 Å². The number of sulfone groups is 2. The first-order valence-electron chi connectivity index (χ1n) is 24.2. The first-order chi connectivity index (χ1) is 34.8. The summed E-state index contributed by atoms with van der Waals surface area (Å²) in [6.45, 7) is 6.75. The van der Waals surface area contributed by atoms with Crippen LogP contribution in [0.5, 0.6) is 0 Å². The van der Waals surface area contributed by atoms with E-state index in [1.165, 1.54) is 49.1 Å². The third-order valence-electron chi connectivity index (χ3n) is 12.6. The highest BCUT2D eigenvalue weighted by atomic mass is 32.2. The number of rotatable bonds is 17. The van der Waals surface area contributed by atoms with Crippen molar-refractivity contribution >= 4 is 31.6 Å². The number of aromatic nitrogens is 4. The first kappa shape index (κ1) is 58.1. The fourth-order valence-electron chi connectivity index (χ4n) is 8.30. The molecule has 2 aromatic heterocycles. The highest BCUT2D eigenvalue weighted by Crippen LogP contribution is 2.39. The van der Waals surface area contributed by atoms with Gasteiger partial charge in [-0.2, -0.15) is 26.3 Å². The second-order valence-electron chi connectivity index (χ2n) is 19.5. The van der Waals surface area contributed by atoms with Crippen LogP contribution in [0.1, 0.15) is 103 Å². The topological polar surface area (TPSA) is 212 Å². The number of aryl methyl sites for hydroxylation is 2. The minimum atomic E-state index is -4.21. The van der Waals surface area contributed by atoms with Gasteiger partial charge in [0.15, 0.2) is 35.5 Å². The predicted molar refractivity (Wildman–Crippen MR) is 256 cm³/mol. The number of ether oxygens (including phenoxy) is 4. The molecule has 7 rings (SSSR count). The van der Waals surface area contributed by atoms with Crippen molar-refractivity contribution in [2.75, 3.05) is 39.6 Å². The smallest absolute Gasteiger partial charge is 0.389 e. The van der Waals surface area contributed by atoms with Gasteiger partial charge in [0.2, 0.25) is 0 Å². The van der Waals surface area contributed by atoms with Crippen LogP contribution in [0.3, 0.4) is 0 Å². The van der Waals surface area contributed by atoms with E-state index in [9.17, 15) is 52.8 Å². The molecule has 0 bridgehead atoms. The zero-order valence-electron chi connectivity index (χ0n) is 41.3. The number of nitrogens with zero attached hydrogens (tertiary/aromatic N) is 4. The zero-order valence-corrected chi connectivity index (χ0v) is 42.9. The largest absolute Gasteiger partial charge is 0.464 e. The molecule has 74 heavy (non-hydrogen) atoms. The van der Waals surface area contributed by atoms with Crippen LogP contribution in [0.4, 0.5) is 26.3 Å². The molecule has 3 saturated heterocycles. The molecular formula is C50H61F6N5O11S2. The Kier molecular flexibility index (Phi) is 19.4. The number of hydrogen-bond acceptors (Lipinski definition) is 15. The normalized spacial score (nSPS) is 18.4. The third-order valence-corrected chi connectivity index (χ3v) is 17.6. The Morgan fingerprint density at radius 2 is 1.08 bits per heavy atom. The standard InChI is InChI=1S/C25H30F3N3O6S.C25H31F3N2O5S/c26-25(27,28)10-3-4-19-16-30-21(17-29-19)18-6-8-20(9-7-18)38(33,34)24(11-14-35-15-12-24)23(32)31-37-22-5-1-2-13-36-22;1-23(2,3)17-35-22(31)24(11-13-34-14-12-24)36(32,33)20-8-6-18(7-9-20)21-16-29-19(15-30-21)5-4-10-25(26,27)28/h6-9,16-17,22H,1-5,10-15H2,(H,31,32);6-9,15-16H,4-5,10-14,17H2,1-3H3. The molecular weight excluding hydrogens is 1020 g/mol. The van der Waals surface area contributed by atoms with Crippen LogP contribution < -0.4 is 5.48 Å². The van der Waals surface area contributed by atoms with Gasteiger partial charge in [-0.3, -0.25) is 29.5 Å². The number of carbonyl (C=O) groups is 2. The summed E-state index contributed by atoms with van der Waals surface area (Å²) in [5, 5.41) is 0. The van der Waals surface area contributed by atoms with E-state index in [4.69, 9.17) is 23.8 Å². The summed E-state index contributed by atoms with van der Waals surface area (Å²) in [5.74, 6) is -1.53. The van der Waals surface area contributed by atoms with Crippen molar-refractivity contribution in [1.82, 2.24) is 25.4 Å². The zero-order chi connectivity index (χ0) is 53.8. The molecule has 24 heteroatoms. The van der Waals surface area contributed by atoms with Gasteiger partial charge in [-0.15, -0.1) is 0 Å². The molecule has 0 radical (unpaired) electrons. The summed E-state index contributed by atoms with van der Waals surface area (Å²) >= 11 is 0. The molecule has 16 nitrogen and oxygen atoms in total. The minimum Gasteiger partial charge on any atom is -0.464 e. The molecule has 3 aliphatic rings. The maximum atomic E-state index is 13.8.